The third-order valence-corrected chi connectivity index (χ3v) is 3.45. The lowest BCUT2D eigenvalue weighted by Gasteiger charge is -2.10. The number of fused-ring (bicyclic) bond motifs is 1. The number of carbonyl (C=O) groups is 1. The van der Waals surface area contributed by atoms with Gasteiger partial charge in [-0.05, 0) is 32.0 Å². The van der Waals surface area contributed by atoms with Gasteiger partial charge in [-0.15, -0.1) is 0 Å². The van der Waals surface area contributed by atoms with E-state index in [4.69, 9.17) is 0 Å². The Bertz CT molecular complexity index is 821. The average Bonchev–Trinajstić information content (AvgIpc) is 2.90. The van der Waals surface area contributed by atoms with Crippen LogP contribution in [0.3, 0.4) is 0 Å². The quantitative estimate of drug-likeness (QED) is 0.799. The third kappa shape index (κ3) is 2.27. The van der Waals surface area contributed by atoms with Gasteiger partial charge in [0, 0.05) is 35.8 Å². The van der Waals surface area contributed by atoms with Crippen LogP contribution in [0.4, 0.5) is 0 Å². The second-order valence-corrected chi connectivity index (χ2v) is 5.15. The largest absolute Gasteiger partial charge is 0.476 e. The Morgan fingerprint density at radius 1 is 1.29 bits per heavy atom. The molecule has 3 heterocycles. The number of carboxylic acids is 1. The van der Waals surface area contributed by atoms with E-state index in [0.29, 0.717) is 11.6 Å². The van der Waals surface area contributed by atoms with Crippen LogP contribution in [0.1, 0.15) is 30.4 Å². The molecule has 21 heavy (non-hydrogen) atoms. The second kappa shape index (κ2) is 5.01. The average molecular weight is 281 g/mol. The molecule has 0 unspecified atom stereocenters. The monoisotopic (exact) mass is 281 g/mol. The molecule has 0 aliphatic rings. The molecule has 5 heteroatoms. The molecule has 0 fully saturated rings. The Morgan fingerprint density at radius 2 is 2.10 bits per heavy atom. The molecular weight excluding hydrogens is 266 g/mol. The van der Waals surface area contributed by atoms with Crippen molar-refractivity contribution in [3.8, 4) is 11.1 Å². The van der Waals surface area contributed by atoms with Gasteiger partial charge in [0.1, 0.15) is 0 Å². The topological polar surface area (TPSA) is 68.0 Å². The molecule has 0 spiro atoms. The molecule has 1 N–H and O–H groups in total. The Balaban J connectivity index is 2.22. The first kappa shape index (κ1) is 13.3. The van der Waals surface area contributed by atoms with Crippen LogP contribution in [-0.2, 0) is 0 Å². The van der Waals surface area contributed by atoms with Gasteiger partial charge >= 0.3 is 5.97 Å². The van der Waals surface area contributed by atoms with Gasteiger partial charge in [0.15, 0.2) is 5.69 Å². The second-order valence-electron chi connectivity index (χ2n) is 5.15. The number of hydrogen-bond acceptors (Lipinski definition) is 3. The minimum Gasteiger partial charge on any atom is -0.476 e. The SMILES string of the molecule is CC(C)n1ccc2ncc(-c3cccnc3C(=O)O)cc21. The highest BCUT2D eigenvalue weighted by molar-refractivity contribution is 5.95. The van der Waals surface area contributed by atoms with Crippen molar-refractivity contribution in [3.05, 3.63) is 48.5 Å². The van der Waals surface area contributed by atoms with Crippen molar-refractivity contribution < 1.29 is 9.90 Å². The van der Waals surface area contributed by atoms with E-state index in [2.05, 4.69) is 28.4 Å². The smallest absolute Gasteiger partial charge is 0.355 e. The van der Waals surface area contributed by atoms with E-state index in [9.17, 15) is 9.90 Å². The van der Waals surface area contributed by atoms with E-state index < -0.39 is 5.97 Å². The highest BCUT2D eigenvalue weighted by Gasteiger charge is 2.14. The molecule has 0 aliphatic carbocycles. The summed E-state index contributed by atoms with van der Waals surface area (Å²) in [7, 11) is 0. The van der Waals surface area contributed by atoms with E-state index in [1.165, 1.54) is 6.20 Å². The van der Waals surface area contributed by atoms with Gasteiger partial charge < -0.3 is 9.67 Å². The molecule has 0 bridgehead atoms. The summed E-state index contributed by atoms with van der Waals surface area (Å²) in [5.74, 6) is -1.04. The molecule has 3 aromatic rings. The fourth-order valence-electron chi connectivity index (χ4n) is 2.44. The lowest BCUT2D eigenvalue weighted by molar-refractivity contribution is 0.0691. The van der Waals surface area contributed by atoms with Crippen molar-refractivity contribution in [1.29, 1.82) is 0 Å². The van der Waals surface area contributed by atoms with Crippen molar-refractivity contribution in [2.75, 3.05) is 0 Å². The summed E-state index contributed by atoms with van der Waals surface area (Å²) >= 11 is 0. The van der Waals surface area contributed by atoms with Crippen molar-refractivity contribution >= 4 is 17.0 Å². The van der Waals surface area contributed by atoms with Crippen LogP contribution in [0, 0.1) is 0 Å². The lowest BCUT2D eigenvalue weighted by atomic mass is 10.1. The maximum absolute atomic E-state index is 11.3. The summed E-state index contributed by atoms with van der Waals surface area (Å²) in [4.78, 5) is 19.7. The van der Waals surface area contributed by atoms with E-state index in [0.717, 1.165) is 16.6 Å². The van der Waals surface area contributed by atoms with Gasteiger partial charge in [-0.3, -0.25) is 4.98 Å². The Labute approximate surface area is 121 Å². The standard InChI is InChI=1S/C16H15N3O2/c1-10(2)19-7-5-13-14(19)8-11(9-18-13)12-4-3-6-17-15(12)16(20)21/h3-10H,1-2H3,(H,20,21). The third-order valence-electron chi connectivity index (χ3n) is 3.45. The predicted molar refractivity (Wildman–Crippen MR) is 80.3 cm³/mol. The zero-order valence-electron chi connectivity index (χ0n) is 11.8. The molecule has 5 nitrogen and oxygen atoms in total. The van der Waals surface area contributed by atoms with Crippen LogP contribution in [0.5, 0.6) is 0 Å². The van der Waals surface area contributed by atoms with Crippen LogP contribution in [-0.4, -0.2) is 25.6 Å². The molecule has 3 aromatic heterocycles. The number of nitrogens with zero attached hydrogens (tertiary/aromatic N) is 3. The highest BCUT2D eigenvalue weighted by Crippen LogP contribution is 2.26. The van der Waals surface area contributed by atoms with Crippen LogP contribution >= 0.6 is 0 Å². The number of aromatic carboxylic acids is 1. The number of rotatable bonds is 3. The Morgan fingerprint density at radius 3 is 2.81 bits per heavy atom. The van der Waals surface area contributed by atoms with E-state index in [1.807, 2.05) is 18.3 Å². The van der Waals surface area contributed by atoms with Crippen LogP contribution in [0.25, 0.3) is 22.2 Å². The van der Waals surface area contributed by atoms with Gasteiger partial charge in [-0.25, -0.2) is 9.78 Å². The normalized spacial score (nSPS) is 11.2. The fourth-order valence-corrected chi connectivity index (χ4v) is 2.44. The van der Waals surface area contributed by atoms with E-state index in [-0.39, 0.29) is 5.69 Å². The van der Waals surface area contributed by atoms with Crippen LogP contribution in [0.2, 0.25) is 0 Å². The molecule has 0 amide bonds. The van der Waals surface area contributed by atoms with Gasteiger partial charge in [0.2, 0.25) is 0 Å². The molecule has 0 radical (unpaired) electrons. The molecular formula is C16H15N3O2. The van der Waals surface area contributed by atoms with E-state index in [1.54, 1.807) is 18.3 Å². The van der Waals surface area contributed by atoms with Gasteiger partial charge in [0.25, 0.3) is 0 Å². The maximum Gasteiger partial charge on any atom is 0.355 e. The lowest BCUT2D eigenvalue weighted by Crippen LogP contribution is -2.03. The van der Waals surface area contributed by atoms with Crippen molar-refractivity contribution in [2.45, 2.75) is 19.9 Å². The number of hydrogen-bond donors (Lipinski definition) is 1. The Hall–Kier alpha value is -2.69. The summed E-state index contributed by atoms with van der Waals surface area (Å²) in [6, 6.07) is 7.72. The van der Waals surface area contributed by atoms with Crippen molar-refractivity contribution in [3.63, 3.8) is 0 Å². The summed E-state index contributed by atoms with van der Waals surface area (Å²) in [5, 5.41) is 9.25. The number of aromatic nitrogens is 3. The highest BCUT2D eigenvalue weighted by atomic mass is 16.4. The molecule has 3 rings (SSSR count). The zero-order chi connectivity index (χ0) is 15.0. The summed E-state index contributed by atoms with van der Waals surface area (Å²) in [6.07, 6.45) is 5.17. The van der Waals surface area contributed by atoms with E-state index >= 15 is 0 Å². The van der Waals surface area contributed by atoms with Crippen LogP contribution in [0.15, 0.2) is 42.9 Å². The zero-order valence-corrected chi connectivity index (χ0v) is 11.8. The fraction of sp³-hybridized carbons (Fsp3) is 0.188. The first-order valence-corrected chi connectivity index (χ1v) is 6.73. The van der Waals surface area contributed by atoms with Gasteiger partial charge in [-0.2, -0.15) is 0 Å². The molecule has 0 aromatic carbocycles. The molecule has 0 atom stereocenters. The molecule has 0 saturated heterocycles. The first-order chi connectivity index (χ1) is 10.1. The predicted octanol–water partition coefficient (Wildman–Crippen LogP) is 3.38. The minimum absolute atomic E-state index is 0.0429. The molecule has 106 valence electrons. The summed E-state index contributed by atoms with van der Waals surface area (Å²) in [6.45, 7) is 4.19. The summed E-state index contributed by atoms with van der Waals surface area (Å²) in [5.41, 5.74) is 3.27. The molecule has 0 saturated carbocycles. The Kier molecular flexibility index (Phi) is 3.17. The van der Waals surface area contributed by atoms with Gasteiger partial charge in [-0.1, -0.05) is 6.07 Å². The first-order valence-electron chi connectivity index (χ1n) is 6.73. The van der Waals surface area contributed by atoms with Gasteiger partial charge in [0.05, 0.1) is 11.0 Å². The molecule has 0 aliphatic heterocycles. The minimum atomic E-state index is -1.04. The van der Waals surface area contributed by atoms with Crippen molar-refractivity contribution in [1.82, 2.24) is 14.5 Å². The number of pyridine rings is 2. The summed E-state index contributed by atoms with van der Waals surface area (Å²) < 4.78 is 2.11. The number of carboxylic acid groups (broad SMARTS) is 1. The maximum atomic E-state index is 11.3. The van der Waals surface area contributed by atoms with Crippen LogP contribution < -0.4 is 0 Å². The van der Waals surface area contributed by atoms with Crippen molar-refractivity contribution in [2.24, 2.45) is 0 Å².